The van der Waals surface area contributed by atoms with Gasteiger partial charge in [0.25, 0.3) is 0 Å². The van der Waals surface area contributed by atoms with Crippen LogP contribution in [0, 0.1) is 0 Å². The Morgan fingerprint density at radius 2 is 2.14 bits per heavy atom. The fourth-order valence-electron chi connectivity index (χ4n) is 2.87. The first-order valence-electron chi connectivity index (χ1n) is 7.66. The molecule has 7 heteroatoms. The number of rotatable bonds is 5. The monoisotopic (exact) mass is 339 g/mol. The highest BCUT2D eigenvalue weighted by Crippen LogP contribution is 2.28. The maximum absolute atomic E-state index is 12.1. The van der Waals surface area contributed by atoms with Crippen LogP contribution in [-0.2, 0) is 10.0 Å². The standard InChI is InChI=1S/C15H21N3O2S2/c1-2-11-22(19,20)18-8-4-12(5-9-18)17-14-3-7-16-13-6-10-21-15(13)14/h3,6-7,10,12H,2,4-5,8-9,11H2,1H3,(H,16,17). The third-order valence-electron chi connectivity index (χ3n) is 4.01. The Morgan fingerprint density at radius 3 is 2.86 bits per heavy atom. The van der Waals surface area contributed by atoms with Crippen molar-refractivity contribution in [3.8, 4) is 0 Å². The molecule has 0 atom stereocenters. The number of anilines is 1. The number of hydrogen-bond acceptors (Lipinski definition) is 5. The summed E-state index contributed by atoms with van der Waals surface area (Å²) in [5.74, 6) is 0.255. The van der Waals surface area contributed by atoms with Gasteiger partial charge in [0.05, 0.1) is 21.7 Å². The van der Waals surface area contributed by atoms with Crippen LogP contribution >= 0.6 is 11.3 Å². The Balaban J connectivity index is 1.64. The van der Waals surface area contributed by atoms with Gasteiger partial charge in [-0.05, 0) is 36.8 Å². The molecule has 120 valence electrons. The minimum absolute atomic E-state index is 0.255. The van der Waals surface area contributed by atoms with Crippen molar-refractivity contribution in [3.63, 3.8) is 0 Å². The lowest BCUT2D eigenvalue weighted by Crippen LogP contribution is -2.43. The maximum atomic E-state index is 12.1. The van der Waals surface area contributed by atoms with E-state index in [9.17, 15) is 8.42 Å². The van der Waals surface area contributed by atoms with E-state index >= 15 is 0 Å². The largest absolute Gasteiger partial charge is 0.381 e. The van der Waals surface area contributed by atoms with E-state index in [1.165, 1.54) is 4.70 Å². The van der Waals surface area contributed by atoms with Gasteiger partial charge in [0, 0.05) is 25.3 Å². The van der Waals surface area contributed by atoms with Crippen LogP contribution in [0.1, 0.15) is 26.2 Å². The maximum Gasteiger partial charge on any atom is 0.214 e. The van der Waals surface area contributed by atoms with E-state index in [1.807, 2.05) is 30.6 Å². The first-order valence-corrected chi connectivity index (χ1v) is 10.2. The summed E-state index contributed by atoms with van der Waals surface area (Å²) in [6.45, 7) is 3.12. The molecule has 0 bridgehead atoms. The number of piperidine rings is 1. The summed E-state index contributed by atoms with van der Waals surface area (Å²) in [6, 6.07) is 4.34. The molecule has 0 amide bonds. The molecule has 3 rings (SSSR count). The number of nitrogens with one attached hydrogen (secondary N) is 1. The van der Waals surface area contributed by atoms with Crippen LogP contribution in [0.5, 0.6) is 0 Å². The van der Waals surface area contributed by atoms with Gasteiger partial charge < -0.3 is 5.32 Å². The second kappa shape index (κ2) is 6.52. The van der Waals surface area contributed by atoms with Crippen LogP contribution in [0.2, 0.25) is 0 Å². The molecule has 1 N–H and O–H groups in total. The second-order valence-electron chi connectivity index (χ2n) is 5.63. The van der Waals surface area contributed by atoms with Gasteiger partial charge in [0.1, 0.15) is 0 Å². The van der Waals surface area contributed by atoms with Gasteiger partial charge in [-0.3, -0.25) is 4.98 Å². The predicted octanol–water partition coefficient (Wildman–Crippen LogP) is 2.91. The Kier molecular flexibility index (Phi) is 4.65. The molecular formula is C15H21N3O2S2. The summed E-state index contributed by atoms with van der Waals surface area (Å²) < 4.78 is 27.0. The molecule has 3 heterocycles. The molecule has 22 heavy (non-hydrogen) atoms. The third-order valence-corrected chi connectivity index (χ3v) is 7.03. The van der Waals surface area contributed by atoms with Crippen LogP contribution in [0.4, 0.5) is 5.69 Å². The normalized spacial score (nSPS) is 17.9. The van der Waals surface area contributed by atoms with Crippen molar-refractivity contribution < 1.29 is 8.42 Å². The quantitative estimate of drug-likeness (QED) is 0.910. The molecule has 0 radical (unpaired) electrons. The second-order valence-corrected chi connectivity index (χ2v) is 8.63. The SMILES string of the molecule is CCCS(=O)(=O)N1CCC(Nc2ccnc3ccsc23)CC1. The zero-order valence-corrected chi connectivity index (χ0v) is 14.3. The molecule has 5 nitrogen and oxygen atoms in total. The minimum Gasteiger partial charge on any atom is -0.381 e. The first kappa shape index (κ1) is 15.7. The molecule has 1 saturated heterocycles. The number of aromatic nitrogens is 1. The highest BCUT2D eigenvalue weighted by Gasteiger charge is 2.27. The summed E-state index contributed by atoms with van der Waals surface area (Å²) in [7, 11) is -3.06. The van der Waals surface area contributed by atoms with E-state index in [0.29, 0.717) is 25.6 Å². The van der Waals surface area contributed by atoms with Gasteiger partial charge in [-0.25, -0.2) is 12.7 Å². The lowest BCUT2D eigenvalue weighted by atomic mass is 10.1. The molecule has 2 aromatic rings. The van der Waals surface area contributed by atoms with Crippen molar-refractivity contribution in [1.82, 2.24) is 9.29 Å². The summed E-state index contributed by atoms with van der Waals surface area (Å²) in [6.07, 6.45) is 4.18. The first-order chi connectivity index (χ1) is 10.6. The van der Waals surface area contributed by atoms with Crippen LogP contribution in [0.3, 0.4) is 0 Å². The van der Waals surface area contributed by atoms with Gasteiger partial charge in [-0.1, -0.05) is 6.92 Å². The number of sulfonamides is 1. The van der Waals surface area contributed by atoms with Gasteiger partial charge in [0.15, 0.2) is 0 Å². The van der Waals surface area contributed by atoms with Gasteiger partial charge >= 0.3 is 0 Å². The molecule has 1 aliphatic rings. The molecule has 1 fully saturated rings. The van der Waals surface area contributed by atoms with Crippen LogP contribution < -0.4 is 5.32 Å². The Hall–Kier alpha value is -1.18. The highest BCUT2D eigenvalue weighted by molar-refractivity contribution is 7.89. The Labute approximate surface area is 135 Å². The molecular weight excluding hydrogens is 318 g/mol. The smallest absolute Gasteiger partial charge is 0.214 e. The van der Waals surface area contributed by atoms with Crippen molar-refractivity contribution >= 4 is 37.3 Å². The summed E-state index contributed by atoms with van der Waals surface area (Å²) in [5, 5.41) is 5.61. The van der Waals surface area contributed by atoms with Gasteiger partial charge in [-0.2, -0.15) is 0 Å². The summed E-state index contributed by atoms with van der Waals surface area (Å²) in [5.41, 5.74) is 2.12. The van der Waals surface area contributed by atoms with E-state index in [2.05, 4.69) is 10.3 Å². The average molecular weight is 339 g/mol. The summed E-state index contributed by atoms with van der Waals surface area (Å²) in [4.78, 5) is 4.34. The van der Waals surface area contributed by atoms with Crippen molar-refractivity contribution in [3.05, 3.63) is 23.7 Å². The van der Waals surface area contributed by atoms with Crippen LogP contribution in [0.15, 0.2) is 23.7 Å². The molecule has 2 aromatic heterocycles. The third kappa shape index (κ3) is 3.26. The predicted molar refractivity (Wildman–Crippen MR) is 91.9 cm³/mol. The topological polar surface area (TPSA) is 62.3 Å². The fourth-order valence-corrected chi connectivity index (χ4v) is 5.24. The highest BCUT2D eigenvalue weighted by atomic mass is 32.2. The van der Waals surface area contributed by atoms with E-state index in [0.717, 1.165) is 24.0 Å². The van der Waals surface area contributed by atoms with Crippen LogP contribution in [0.25, 0.3) is 10.2 Å². The van der Waals surface area contributed by atoms with Gasteiger partial charge in [-0.15, -0.1) is 11.3 Å². The molecule has 1 aliphatic heterocycles. The molecule has 0 aromatic carbocycles. The van der Waals surface area contributed by atoms with Gasteiger partial charge in [0.2, 0.25) is 10.0 Å². The van der Waals surface area contributed by atoms with E-state index in [1.54, 1.807) is 15.6 Å². The molecule has 0 unspecified atom stereocenters. The average Bonchev–Trinajstić information content (AvgIpc) is 2.97. The zero-order valence-electron chi connectivity index (χ0n) is 12.7. The number of fused-ring (bicyclic) bond motifs is 1. The number of nitrogens with zero attached hydrogens (tertiary/aromatic N) is 2. The molecule has 0 spiro atoms. The van der Waals surface area contributed by atoms with Crippen LogP contribution in [-0.4, -0.2) is 42.6 Å². The fraction of sp³-hybridized carbons (Fsp3) is 0.533. The Bertz CT molecular complexity index is 734. The van der Waals surface area contributed by atoms with Crippen molar-refractivity contribution in [2.24, 2.45) is 0 Å². The molecule has 0 aliphatic carbocycles. The minimum atomic E-state index is -3.06. The van der Waals surface area contributed by atoms with Crippen molar-refractivity contribution in [2.45, 2.75) is 32.2 Å². The van der Waals surface area contributed by atoms with E-state index < -0.39 is 10.0 Å². The number of thiophene rings is 1. The number of pyridine rings is 1. The van der Waals surface area contributed by atoms with Crippen molar-refractivity contribution in [1.29, 1.82) is 0 Å². The number of hydrogen-bond donors (Lipinski definition) is 1. The zero-order chi connectivity index (χ0) is 15.6. The van der Waals surface area contributed by atoms with E-state index in [-0.39, 0.29) is 5.75 Å². The molecule has 0 saturated carbocycles. The van der Waals surface area contributed by atoms with Crippen molar-refractivity contribution in [2.75, 3.05) is 24.2 Å². The lowest BCUT2D eigenvalue weighted by molar-refractivity contribution is 0.330. The Morgan fingerprint density at radius 1 is 1.36 bits per heavy atom. The van der Waals surface area contributed by atoms with E-state index in [4.69, 9.17) is 0 Å². The summed E-state index contributed by atoms with van der Waals surface area (Å²) >= 11 is 1.68. The lowest BCUT2D eigenvalue weighted by Gasteiger charge is -2.32.